The molecule has 2 heteroatoms. The minimum Gasteiger partial charge on any atom is -0.456 e. The molecule has 0 aliphatic rings. The Bertz CT molecular complexity index is 3230. The Morgan fingerprint density at radius 1 is 0.304 bits per heavy atom. The van der Waals surface area contributed by atoms with E-state index in [1.54, 1.807) is 0 Å². The summed E-state index contributed by atoms with van der Waals surface area (Å²) >= 11 is 0. The van der Waals surface area contributed by atoms with Gasteiger partial charge in [-0.05, 0) is 114 Å². The zero-order valence-corrected chi connectivity index (χ0v) is 30.6. The van der Waals surface area contributed by atoms with Gasteiger partial charge in [0.15, 0.2) is 0 Å². The van der Waals surface area contributed by atoms with Crippen LogP contribution in [0.3, 0.4) is 0 Å². The van der Waals surface area contributed by atoms with Gasteiger partial charge in [0.1, 0.15) is 11.2 Å². The van der Waals surface area contributed by atoms with Crippen molar-refractivity contribution in [2.24, 2.45) is 0 Å². The summed E-state index contributed by atoms with van der Waals surface area (Å²) in [4.78, 5) is 2.37. The first-order valence-electron chi connectivity index (χ1n) is 19.2. The fourth-order valence-electron chi connectivity index (χ4n) is 8.67. The third kappa shape index (κ3) is 5.26. The Kier molecular flexibility index (Phi) is 7.53. The smallest absolute Gasteiger partial charge is 0.137 e. The van der Waals surface area contributed by atoms with Gasteiger partial charge in [-0.1, -0.05) is 164 Å². The number of rotatable bonds is 6. The summed E-state index contributed by atoms with van der Waals surface area (Å²) in [5, 5.41) is 9.63. The van der Waals surface area contributed by atoms with Crippen LogP contribution >= 0.6 is 0 Å². The molecule has 0 saturated heterocycles. The van der Waals surface area contributed by atoms with Crippen molar-refractivity contribution in [2.75, 3.05) is 4.90 Å². The average molecular weight is 714 g/mol. The fraction of sp³-hybridized carbons (Fsp3) is 0. The quantitative estimate of drug-likeness (QED) is 0.160. The first-order valence-corrected chi connectivity index (χ1v) is 19.2. The van der Waals surface area contributed by atoms with E-state index in [0.29, 0.717) is 0 Å². The second-order valence-corrected chi connectivity index (χ2v) is 14.5. The van der Waals surface area contributed by atoms with E-state index in [4.69, 9.17) is 4.42 Å². The van der Waals surface area contributed by atoms with Gasteiger partial charge in [-0.15, -0.1) is 0 Å². The molecule has 1 aromatic heterocycles. The number of furan rings is 1. The third-order valence-electron chi connectivity index (χ3n) is 11.2. The number of anilines is 3. The maximum Gasteiger partial charge on any atom is 0.137 e. The molecule has 0 aliphatic carbocycles. The summed E-state index contributed by atoms with van der Waals surface area (Å²) in [5.41, 5.74) is 12.3. The number of fused-ring (bicyclic) bond motifs is 7. The molecule has 0 spiro atoms. The summed E-state index contributed by atoms with van der Waals surface area (Å²) < 4.78 is 6.38. The van der Waals surface area contributed by atoms with Crippen LogP contribution in [0.25, 0.3) is 87.6 Å². The first kappa shape index (κ1) is 32.0. The van der Waals surface area contributed by atoms with Crippen LogP contribution in [-0.4, -0.2) is 0 Å². The van der Waals surface area contributed by atoms with Gasteiger partial charge in [-0.3, -0.25) is 0 Å². The number of hydrogen-bond donors (Lipinski definition) is 0. The molecule has 0 unspecified atom stereocenters. The molecule has 262 valence electrons. The average Bonchev–Trinajstić information content (AvgIpc) is 3.66. The van der Waals surface area contributed by atoms with Crippen LogP contribution in [-0.2, 0) is 0 Å². The van der Waals surface area contributed by atoms with Gasteiger partial charge < -0.3 is 9.32 Å². The SMILES string of the molecule is c1ccc(-c2c(-c3ccccc3)c3cc(-c4ccc(N(c5ccc6ccccc6c5)c5cccc6oc7ccccc7c56)cc4)ccc3c3ccccc23)cc1. The van der Waals surface area contributed by atoms with Gasteiger partial charge in [0.25, 0.3) is 0 Å². The Balaban J connectivity index is 1.10. The Morgan fingerprint density at radius 3 is 1.64 bits per heavy atom. The molecular formula is C54H35NO. The Morgan fingerprint density at radius 2 is 0.875 bits per heavy atom. The lowest BCUT2D eigenvalue weighted by Gasteiger charge is -2.27. The lowest BCUT2D eigenvalue weighted by Crippen LogP contribution is -2.10. The van der Waals surface area contributed by atoms with Crippen LogP contribution in [0, 0.1) is 0 Å². The third-order valence-corrected chi connectivity index (χ3v) is 11.2. The van der Waals surface area contributed by atoms with Crippen LogP contribution in [0.5, 0.6) is 0 Å². The molecule has 2 nitrogen and oxygen atoms in total. The van der Waals surface area contributed by atoms with Gasteiger partial charge >= 0.3 is 0 Å². The van der Waals surface area contributed by atoms with Crippen LogP contribution < -0.4 is 4.90 Å². The molecule has 10 aromatic carbocycles. The van der Waals surface area contributed by atoms with E-state index >= 15 is 0 Å². The molecule has 0 bridgehead atoms. The molecule has 11 aromatic rings. The molecule has 56 heavy (non-hydrogen) atoms. The molecular weight excluding hydrogens is 679 g/mol. The van der Waals surface area contributed by atoms with E-state index in [1.165, 1.54) is 60.1 Å². The fourth-order valence-corrected chi connectivity index (χ4v) is 8.67. The zero-order valence-electron chi connectivity index (χ0n) is 30.6. The van der Waals surface area contributed by atoms with Crippen molar-refractivity contribution >= 4 is 71.3 Å². The monoisotopic (exact) mass is 713 g/mol. The van der Waals surface area contributed by atoms with Crippen molar-refractivity contribution in [1.82, 2.24) is 0 Å². The first-order chi connectivity index (χ1) is 27.8. The summed E-state index contributed by atoms with van der Waals surface area (Å²) in [5.74, 6) is 0. The minimum absolute atomic E-state index is 0.874. The molecule has 0 aliphatic heterocycles. The maximum absolute atomic E-state index is 6.38. The second-order valence-electron chi connectivity index (χ2n) is 14.5. The van der Waals surface area contributed by atoms with Gasteiger partial charge in [0.2, 0.25) is 0 Å². The van der Waals surface area contributed by atoms with Crippen LogP contribution in [0.1, 0.15) is 0 Å². The van der Waals surface area contributed by atoms with Crippen molar-refractivity contribution in [1.29, 1.82) is 0 Å². The molecule has 0 atom stereocenters. The van der Waals surface area contributed by atoms with Gasteiger partial charge in [0.05, 0.1) is 11.1 Å². The molecule has 0 radical (unpaired) electrons. The van der Waals surface area contributed by atoms with E-state index < -0.39 is 0 Å². The van der Waals surface area contributed by atoms with Crippen molar-refractivity contribution in [3.8, 4) is 33.4 Å². The Hall–Kier alpha value is -7.42. The number of hydrogen-bond acceptors (Lipinski definition) is 2. The zero-order chi connectivity index (χ0) is 37.0. The highest BCUT2D eigenvalue weighted by atomic mass is 16.3. The van der Waals surface area contributed by atoms with Gasteiger partial charge in [-0.25, -0.2) is 0 Å². The van der Waals surface area contributed by atoms with E-state index in [2.05, 4.69) is 205 Å². The largest absolute Gasteiger partial charge is 0.456 e. The summed E-state index contributed by atoms with van der Waals surface area (Å²) in [6.45, 7) is 0. The minimum atomic E-state index is 0.874. The number of benzene rings is 10. The number of para-hydroxylation sites is 1. The van der Waals surface area contributed by atoms with E-state index in [9.17, 15) is 0 Å². The van der Waals surface area contributed by atoms with Gasteiger partial charge in [0, 0.05) is 16.8 Å². The van der Waals surface area contributed by atoms with Crippen LogP contribution in [0.4, 0.5) is 17.1 Å². The van der Waals surface area contributed by atoms with Crippen LogP contribution in [0.2, 0.25) is 0 Å². The second kappa shape index (κ2) is 13.2. The van der Waals surface area contributed by atoms with Crippen LogP contribution in [0.15, 0.2) is 217 Å². The molecule has 0 N–H and O–H groups in total. The van der Waals surface area contributed by atoms with Crippen molar-refractivity contribution in [2.45, 2.75) is 0 Å². The molecule has 0 fully saturated rings. The van der Waals surface area contributed by atoms with Crippen molar-refractivity contribution < 1.29 is 4.42 Å². The van der Waals surface area contributed by atoms with Crippen molar-refractivity contribution in [3.63, 3.8) is 0 Å². The van der Waals surface area contributed by atoms with E-state index in [-0.39, 0.29) is 0 Å². The molecule has 0 amide bonds. The standard InChI is InChI=1S/C54H35NO/c1-3-15-38(16-4-1)52-46-21-10-9-20-44(46)45-33-29-41(35-48(45)53(52)39-17-5-2-6-18-39)37-26-30-42(31-27-37)55(43-32-28-36-14-7-8-19-40(36)34-43)49-23-13-25-51-54(49)47-22-11-12-24-50(47)56-51/h1-35H. The predicted octanol–water partition coefficient (Wildman–Crippen LogP) is 15.5. The molecule has 11 rings (SSSR count). The molecule has 1 heterocycles. The van der Waals surface area contributed by atoms with Crippen molar-refractivity contribution in [3.05, 3.63) is 212 Å². The lowest BCUT2D eigenvalue weighted by atomic mass is 9.84. The topological polar surface area (TPSA) is 16.4 Å². The highest BCUT2D eigenvalue weighted by molar-refractivity contribution is 6.22. The van der Waals surface area contributed by atoms with E-state index in [1.807, 2.05) is 12.1 Å². The lowest BCUT2D eigenvalue weighted by molar-refractivity contribution is 0.669. The van der Waals surface area contributed by atoms with E-state index in [0.717, 1.165) is 44.6 Å². The molecule has 0 saturated carbocycles. The highest BCUT2D eigenvalue weighted by Gasteiger charge is 2.21. The van der Waals surface area contributed by atoms with Gasteiger partial charge in [-0.2, -0.15) is 0 Å². The predicted molar refractivity (Wildman–Crippen MR) is 237 cm³/mol. The normalized spacial score (nSPS) is 11.6. The number of nitrogens with zero attached hydrogens (tertiary/aromatic N) is 1. The summed E-state index contributed by atoms with van der Waals surface area (Å²) in [6.07, 6.45) is 0. The Labute approximate surface area is 325 Å². The highest BCUT2D eigenvalue weighted by Crippen LogP contribution is 2.47. The summed E-state index contributed by atoms with van der Waals surface area (Å²) in [7, 11) is 0. The maximum atomic E-state index is 6.38. The summed E-state index contributed by atoms with van der Waals surface area (Å²) in [6, 6.07) is 76.5.